The van der Waals surface area contributed by atoms with E-state index in [1.165, 1.54) is 0 Å². The quantitative estimate of drug-likeness (QED) is 0.771. The first-order valence-corrected chi connectivity index (χ1v) is 5.97. The van der Waals surface area contributed by atoms with Crippen LogP contribution < -0.4 is 11.3 Å². The fourth-order valence-corrected chi connectivity index (χ4v) is 2.26. The molecule has 6 nitrogen and oxygen atoms in total. The largest absolute Gasteiger partial charge is 0.369 e. The SMILES string of the molecule is CCCSc1nc2nc(N)[nH]c(=O)c2n1C. The molecule has 0 atom stereocenters. The molecule has 86 valence electrons. The molecule has 0 amide bonds. The number of nitrogens with zero attached hydrogens (tertiary/aromatic N) is 3. The number of aromatic nitrogens is 4. The molecule has 0 aliphatic heterocycles. The van der Waals surface area contributed by atoms with Gasteiger partial charge in [-0.1, -0.05) is 18.7 Å². The van der Waals surface area contributed by atoms with E-state index in [1.54, 1.807) is 23.4 Å². The van der Waals surface area contributed by atoms with Crippen molar-refractivity contribution in [2.75, 3.05) is 11.5 Å². The van der Waals surface area contributed by atoms with Crippen molar-refractivity contribution in [1.82, 2.24) is 19.5 Å². The van der Waals surface area contributed by atoms with Gasteiger partial charge in [0, 0.05) is 12.8 Å². The van der Waals surface area contributed by atoms with Crippen LogP contribution in [0.25, 0.3) is 11.2 Å². The molecule has 0 aliphatic rings. The Morgan fingerprint density at radius 2 is 2.25 bits per heavy atom. The average Bonchev–Trinajstić information content (AvgIpc) is 2.52. The minimum absolute atomic E-state index is 0.0997. The third kappa shape index (κ3) is 1.78. The van der Waals surface area contributed by atoms with Crippen molar-refractivity contribution in [2.45, 2.75) is 18.5 Å². The van der Waals surface area contributed by atoms with Crippen molar-refractivity contribution >= 4 is 28.9 Å². The molecule has 2 rings (SSSR count). The summed E-state index contributed by atoms with van der Waals surface area (Å²) in [5.74, 6) is 1.06. The molecule has 0 radical (unpaired) electrons. The van der Waals surface area contributed by atoms with Crippen LogP contribution in [0, 0.1) is 0 Å². The van der Waals surface area contributed by atoms with E-state index in [1.807, 2.05) is 0 Å². The van der Waals surface area contributed by atoms with E-state index in [0.29, 0.717) is 11.2 Å². The van der Waals surface area contributed by atoms with Gasteiger partial charge in [-0.2, -0.15) is 4.98 Å². The lowest BCUT2D eigenvalue weighted by Gasteiger charge is -1.99. The molecule has 0 aliphatic carbocycles. The van der Waals surface area contributed by atoms with E-state index in [4.69, 9.17) is 5.73 Å². The first-order valence-electron chi connectivity index (χ1n) is 4.98. The molecule has 2 aromatic rings. The Kier molecular flexibility index (Phi) is 2.86. The number of nitrogens with one attached hydrogen (secondary N) is 1. The zero-order chi connectivity index (χ0) is 11.7. The second-order valence-electron chi connectivity index (χ2n) is 3.43. The van der Waals surface area contributed by atoms with E-state index in [9.17, 15) is 4.79 Å². The van der Waals surface area contributed by atoms with Crippen LogP contribution in [-0.2, 0) is 7.05 Å². The van der Waals surface area contributed by atoms with Crippen molar-refractivity contribution in [1.29, 1.82) is 0 Å². The molecule has 16 heavy (non-hydrogen) atoms. The molecule has 7 heteroatoms. The van der Waals surface area contributed by atoms with Crippen LogP contribution in [0.5, 0.6) is 0 Å². The minimum atomic E-state index is -0.249. The van der Waals surface area contributed by atoms with Crippen LogP contribution in [0.1, 0.15) is 13.3 Å². The minimum Gasteiger partial charge on any atom is -0.369 e. The molecule has 0 fully saturated rings. The van der Waals surface area contributed by atoms with E-state index in [2.05, 4.69) is 21.9 Å². The summed E-state index contributed by atoms with van der Waals surface area (Å²) in [5.41, 5.74) is 6.08. The van der Waals surface area contributed by atoms with E-state index in [-0.39, 0.29) is 11.5 Å². The lowest BCUT2D eigenvalue weighted by molar-refractivity contribution is 0.810. The van der Waals surface area contributed by atoms with Crippen LogP contribution in [0.3, 0.4) is 0 Å². The number of anilines is 1. The van der Waals surface area contributed by atoms with Crippen LogP contribution in [-0.4, -0.2) is 25.3 Å². The van der Waals surface area contributed by atoms with Gasteiger partial charge in [0.25, 0.3) is 5.56 Å². The number of H-pyrrole nitrogens is 1. The van der Waals surface area contributed by atoms with Crippen molar-refractivity contribution < 1.29 is 0 Å². The molecule has 0 unspecified atom stereocenters. The monoisotopic (exact) mass is 239 g/mol. The molecule has 0 saturated carbocycles. The second-order valence-corrected chi connectivity index (χ2v) is 4.49. The normalized spacial score (nSPS) is 11.1. The Labute approximate surface area is 96.3 Å². The van der Waals surface area contributed by atoms with Crippen molar-refractivity contribution in [3.05, 3.63) is 10.4 Å². The van der Waals surface area contributed by atoms with Gasteiger partial charge in [0.1, 0.15) is 0 Å². The molecule has 0 spiro atoms. The zero-order valence-corrected chi connectivity index (χ0v) is 9.97. The summed E-state index contributed by atoms with van der Waals surface area (Å²) in [6, 6.07) is 0. The highest BCUT2D eigenvalue weighted by Gasteiger charge is 2.12. The van der Waals surface area contributed by atoms with Crippen LogP contribution in [0.4, 0.5) is 5.95 Å². The molecule has 3 N–H and O–H groups in total. The van der Waals surface area contributed by atoms with Gasteiger partial charge < -0.3 is 10.3 Å². The Bertz CT molecular complexity index is 573. The topological polar surface area (TPSA) is 89.6 Å². The van der Waals surface area contributed by atoms with E-state index < -0.39 is 0 Å². The lowest BCUT2D eigenvalue weighted by Crippen LogP contribution is -2.13. The number of aromatic amines is 1. The molecule has 0 saturated heterocycles. The number of aryl methyl sites for hydroxylation is 1. The maximum absolute atomic E-state index is 11.7. The van der Waals surface area contributed by atoms with E-state index >= 15 is 0 Å². The summed E-state index contributed by atoms with van der Waals surface area (Å²) in [4.78, 5) is 22.4. The second kappa shape index (κ2) is 4.17. The predicted octanol–water partition coefficient (Wildman–Crippen LogP) is 0.741. The Morgan fingerprint density at radius 3 is 2.94 bits per heavy atom. The highest BCUT2D eigenvalue weighted by atomic mass is 32.2. The van der Waals surface area contributed by atoms with Gasteiger partial charge in [-0.15, -0.1) is 0 Å². The number of fused-ring (bicyclic) bond motifs is 1. The summed E-state index contributed by atoms with van der Waals surface area (Å²) >= 11 is 1.61. The highest BCUT2D eigenvalue weighted by Crippen LogP contribution is 2.20. The molecule has 0 bridgehead atoms. The smallest absolute Gasteiger partial charge is 0.278 e. The van der Waals surface area contributed by atoms with Gasteiger partial charge in [-0.3, -0.25) is 9.78 Å². The Morgan fingerprint density at radius 1 is 1.50 bits per heavy atom. The number of thioether (sulfide) groups is 1. The van der Waals surface area contributed by atoms with Gasteiger partial charge >= 0.3 is 0 Å². The maximum atomic E-state index is 11.7. The molecule has 2 aromatic heterocycles. The van der Waals surface area contributed by atoms with Gasteiger partial charge in [0.05, 0.1) is 0 Å². The molecule has 2 heterocycles. The number of hydrogen-bond acceptors (Lipinski definition) is 5. The predicted molar refractivity (Wildman–Crippen MR) is 64.6 cm³/mol. The third-order valence-corrected chi connectivity index (χ3v) is 3.39. The first-order chi connectivity index (χ1) is 7.63. The van der Waals surface area contributed by atoms with E-state index in [0.717, 1.165) is 17.3 Å². The van der Waals surface area contributed by atoms with Gasteiger partial charge in [-0.25, -0.2) is 4.98 Å². The molecule has 0 aromatic carbocycles. The lowest BCUT2D eigenvalue weighted by atomic mass is 10.5. The van der Waals surface area contributed by atoms with Crippen LogP contribution in [0.15, 0.2) is 9.95 Å². The zero-order valence-electron chi connectivity index (χ0n) is 9.15. The number of hydrogen-bond donors (Lipinski definition) is 2. The number of nitrogens with two attached hydrogens (primary N) is 1. The highest BCUT2D eigenvalue weighted by molar-refractivity contribution is 7.99. The first kappa shape index (κ1) is 11.0. The molecular formula is C9H13N5OS. The van der Waals surface area contributed by atoms with Gasteiger partial charge in [0.15, 0.2) is 16.3 Å². The summed E-state index contributed by atoms with van der Waals surface area (Å²) < 4.78 is 1.75. The number of imidazole rings is 1. The number of rotatable bonds is 3. The summed E-state index contributed by atoms with van der Waals surface area (Å²) in [7, 11) is 1.81. The van der Waals surface area contributed by atoms with Crippen LogP contribution >= 0.6 is 11.8 Å². The standard InChI is InChI=1S/C9H13N5OS/c1-3-4-16-9-12-6-5(14(9)2)7(15)13-8(10)11-6/h3-4H2,1-2H3,(H3,10,11,13,15). The average molecular weight is 239 g/mol. The maximum Gasteiger partial charge on any atom is 0.278 e. The van der Waals surface area contributed by atoms with Gasteiger partial charge in [0.2, 0.25) is 5.95 Å². The fourth-order valence-electron chi connectivity index (χ4n) is 1.44. The Hall–Kier alpha value is -1.50. The van der Waals surface area contributed by atoms with Crippen molar-refractivity contribution in [3.8, 4) is 0 Å². The summed E-state index contributed by atoms with van der Waals surface area (Å²) in [6.45, 7) is 2.10. The van der Waals surface area contributed by atoms with Crippen molar-refractivity contribution in [2.24, 2.45) is 7.05 Å². The Balaban J connectivity index is 2.59. The molecular weight excluding hydrogens is 226 g/mol. The summed E-state index contributed by atoms with van der Waals surface area (Å²) in [5, 5.41) is 0.792. The third-order valence-electron chi connectivity index (χ3n) is 2.15. The number of nitrogen functional groups attached to an aromatic ring is 1. The van der Waals surface area contributed by atoms with Gasteiger partial charge in [-0.05, 0) is 6.42 Å². The van der Waals surface area contributed by atoms with Crippen LogP contribution in [0.2, 0.25) is 0 Å². The summed E-state index contributed by atoms with van der Waals surface area (Å²) in [6.07, 6.45) is 1.06. The fraction of sp³-hybridized carbons (Fsp3) is 0.444. The van der Waals surface area contributed by atoms with Crippen molar-refractivity contribution in [3.63, 3.8) is 0 Å².